The fraction of sp³-hybridized carbons (Fsp3) is 0.700. The second-order valence-electron chi connectivity index (χ2n) is 6.62. The lowest BCUT2D eigenvalue weighted by Gasteiger charge is -2.02. The summed E-state index contributed by atoms with van der Waals surface area (Å²) >= 11 is 0. The molecule has 0 radical (unpaired) electrons. The third kappa shape index (κ3) is 7.33. The Morgan fingerprint density at radius 1 is 0.792 bits per heavy atom. The highest BCUT2D eigenvalue weighted by atomic mass is 16.4. The third-order valence-corrected chi connectivity index (χ3v) is 4.44. The summed E-state index contributed by atoms with van der Waals surface area (Å²) in [5.41, 5.74) is 0. The van der Waals surface area contributed by atoms with Gasteiger partial charge in [-0.25, -0.2) is 0 Å². The van der Waals surface area contributed by atoms with Gasteiger partial charge in [-0.05, 0) is 18.6 Å². The average Bonchev–Trinajstić information content (AvgIpc) is 3.27. The van der Waals surface area contributed by atoms with Crippen LogP contribution in [0.2, 0.25) is 0 Å². The van der Waals surface area contributed by atoms with Gasteiger partial charge in [0.25, 0.3) is 5.89 Å². The number of aryl methyl sites for hydroxylation is 1. The highest BCUT2D eigenvalue weighted by Gasteiger charge is 2.10. The first-order valence-electron chi connectivity index (χ1n) is 9.76. The van der Waals surface area contributed by atoms with Crippen molar-refractivity contribution in [1.29, 1.82) is 0 Å². The molecule has 0 aliphatic heterocycles. The number of aromatic nitrogens is 2. The zero-order chi connectivity index (χ0) is 16.9. The van der Waals surface area contributed by atoms with E-state index >= 15 is 0 Å². The van der Waals surface area contributed by atoms with Gasteiger partial charge >= 0.3 is 0 Å². The molecule has 0 bridgehead atoms. The van der Waals surface area contributed by atoms with E-state index in [-0.39, 0.29) is 0 Å². The summed E-state index contributed by atoms with van der Waals surface area (Å²) in [6.07, 6.45) is 18.8. The van der Waals surface area contributed by atoms with Crippen LogP contribution >= 0.6 is 0 Å². The van der Waals surface area contributed by atoms with Crippen LogP contribution in [0.3, 0.4) is 0 Å². The maximum absolute atomic E-state index is 5.61. The molecule has 2 heterocycles. The summed E-state index contributed by atoms with van der Waals surface area (Å²) in [6, 6.07) is 3.66. The van der Waals surface area contributed by atoms with Gasteiger partial charge in [-0.15, -0.1) is 10.2 Å². The highest BCUT2D eigenvalue weighted by molar-refractivity contribution is 5.42. The molecule has 4 heteroatoms. The lowest BCUT2D eigenvalue weighted by molar-refractivity contribution is 0.467. The van der Waals surface area contributed by atoms with Crippen molar-refractivity contribution in [1.82, 2.24) is 10.2 Å². The number of furan rings is 1. The van der Waals surface area contributed by atoms with Gasteiger partial charge in [-0.2, -0.15) is 0 Å². The Kier molecular flexibility index (Phi) is 9.28. The Balaban J connectivity index is 1.42. The van der Waals surface area contributed by atoms with Crippen LogP contribution in [-0.4, -0.2) is 10.2 Å². The van der Waals surface area contributed by atoms with Crippen molar-refractivity contribution in [2.24, 2.45) is 0 Å². The van der Waals surface area contributed by atoms with Crippen molar-refractivity contribution in [3.8, 4) is 11.7 Å². The van der Waals surface area contributed by atoms with Gasteiger partial charge < -0.3 is 8.83 Å². The van der Waals surface area contributed by atoms with Crippen LogP contribution < -0.4 is 0 Å². The first-order chi connectivity index (χ1) is 11.9. The van der Waals surface area contributed by atoms with Crippen LogP contribution in [-0.2, 0) is 6.42 Å². The Hall–Kier alpha value is -1.58. The van der Waals surface area contributed by atoms with Crippen molar-refractivity contribution in [3.05, 3.63) is 24.3 Å². The summed E-state index contributed by atoms with van der Waals surface area (Å²) < 4.78 is 10.9. The minimum atomic E-state index is 0.480. The summed E-state index contributed by atoms with van der Waals surface area (Å²) in [6.45, 7) is 2.27. The van der Waals surface area contributed by atoms with E-state index in [1.807, 2.05) is 12.1 Å². The molecule has 0 atom stereocenters. The number of hydrogen-bond donors (Lipinski definition) is 0. The highest BCUT2D eigenvalue weighted by Crippen LogP contribution is 2.19. The molecule has 2 rings (SSSR count). The van der Waals surface area contributed by atoms with Crippen molar-refractivity contribution in [2.45, 2.75) is 90.4 Å². The summed E-state index contributed by atoms with van der Waals surface area (Å²) in [5, 5.41) is 8.11. The molecule has 4 nitrogen and oxygen atoms in total. The van der Waals surface area contributed by atoms with Gasteiger partial charge in [0, 0.05) is 6.42 Å². The monoisotopic (exact) mass is 332 g/mol. The van der Waals surface area contributed by atoms with E-state index in [1.165, 1.54) is 70.6 Å². The van der Waals surface area contributed by atoms with E-state index < -0.39 is 0 Å². The molecule has 0 saturated heterocycles. The summed E-state index contributed by atoms with van der Waals surface area (Å²) in [7, 11) is 0. The van der Waals surface area contributed by atoms with Crippen LogP contribution in [0.25, 0.3) is 11.7 Å². The standard InChI is InChI=1S/C20H32N2O2/c1-2-3-4-5-6-7-8-9-10-11-12-13-16-19-21-22-20(24-19)18-15-14-17-23-18/h14-15,17H,2-13,16H2,1H3. The zero-order valence-corrected chi connectivity index (χ0v) is 15.1. The second-order valence-corrected chi connectivity index (χ2v) is 6.62. The number of hydrogen-bond acceptors (Lipinski definition) is 4. The lowest BCUT2D eigenvalue weighted by Crippen LogP contribution is -1.87. The predicted octanol–water partition coefficient (Wildman–Crippen LogP) is 6.57. The van der Waals surface area contributed by atoms with Gasteiger partial charge in [0.15, 0.2) is 5.76 Å². The minimum absolute atomic E-state index is 0.480. The van der Waals surface area contributed by atoms with Crippen LogP contribution in [0, 0.1) is 0 Å². The Labute approximate surface area is 146 Å². The Morgan fingerprint density at radius 3 is 2.00 bits per heavy atom. The molecular weight excluding hydrogens is 300 g/mol. The predicted molar refractivity (Wildman–Crippen MR) is 96.8 cm³/mol. The van der Waals surface area contributed by atoms with Crippen LogP contribution in [0.15, 0.2) is 27.2 Å². The molecule has 0 aliphatic carbocycles. The van der Waals surface area contributed by atoms with Crippen molar-refractivity contribution in [2.75, 3.05) is 0 Å². The first kappa shape index (κ1) is 18.8. The van der Waals surface area contributed by atoms with Crippen molar-refractivity contribution < 1.29 is 8.83 Å². The maximum atomic E-state index is 5.61. The summed E-state index contributed by atoms with van der Waals surface area (Å²) in [4.78, 5) is 0. The third-order valence-electron chi connectivity index (χ3n) is 4.44. The minimum Gasteiger partial charge on any atom is -0.459 e. The Morgan fingerprint density at radius 2 is 1.42 bits per heavy atom. The van der Waals surface area contributed by atoms with E-state index in [9.17, 15) is 0 Å². The topological polar surface area (TPSA) is 52.1 Å². The number of nitrogens with zero attached hydrogens (tertiary/aromatic N) is 2. The average molecular weight is 332 g/mol. The van der Waals surface area contributed by atoms with Gasteiger partial charge in [0.2, 0.25) is 5.89 Å². The van der Waals surface area contributed by atoms with Crippen LogP contribution in [0.4, 0.5) is 0 Å². The second kappa shape index (κ2) is 11.9. The largest absolute Gasteiger partial charge is 0.459 e. The fourth-order valence-electron chi connectivity index (χ4n) is 2.97. The van der Waals surface area contributed by atoms with Gasteiger partial charge in [0.05, 0.1) is 6.26 Å². The van der Waals surface area contributed by atoms with E-state index in [1.54, 1.807) is 6.26 Å². The molecule has 24 heavy (non-hydrogen) atoms. The zero-order valence-electron chi connectivity index (χ0n) is 15.1. The first-order valence-corrected chi connectivity index (χ1v) is 9.76. The van der Waals surface area contributed by atoms with E-state index in [0.717, 1.165) is 12.8 Å². The van der Waals surface area contributed by atoms with E-state index in [2.05, 4.69) is 17.1 Å². The molecule has 0 aromatic carbocycles. The van der Waals surface area contributed by atoms with E-state index in [0.29, 0.717) is 17.5 Å². The molecule has 0 aliphatic rings. The molecule has 0 unspecified atom stereocenters. The molecule has 0 fully saturated rings. The molecule has 2 aromatic heterocycles. The SMILES string of the molecule is CCCCCCCCCCCCCCc1nnc(-c2ccco2)o1. The molecule has 0 amide bonds. The molecular formula is C20H32N2O2. The van der Waals surface area contributed by atoms with Gasteiger partial charge in [-0.3, -0.25) is 0 Å². The maximum Gasteiger partial charge on any atom is 0.283 e. The lowest BCUT2D eigenvalue weighted by atomic mass is 10.0. The summed E-state index contributed by atoms with van der Waals surface area (Å²) in [5.74, 6) is 1.84. The number of unbranched alkanes of at least 4 members (excludes halogenated alkanes) is 11. The normalized spacial score (nSPS) is 11.2. The Bertz CT molecular complexity index is 519. The molecule has 0 spiro atoms. The molecule has 0 N–H and O–H groups in total. The quantitative estimate of drug-likeness (QED) is 0.367. The van der Waals surface area contributed by atoms with Crippen molar-refractivity contribution in [3.63, 3.8) is 0 Å². The van der Waals surface area contributed by atoms with Gasteiger partial charge in [-0.1, -0.05) is 77.6 Å². The number of rotatable bonds is 14. The molecule has 134 valence electrons. The van der Waals surface area contributed by atoms with Crippen LogP contribution in [0.5, 0.6) is 0 Å². The van der Waals surface area contributed by atoms with E-state index in [4.69, 9.17) is 8.83 Å². The molecule has 0 saturated carbocycles. The fourth-order valence-corrected chi connectivity index (χ4v) is 2.97. The smallest absolute Gasteiger partial charge is 0.283 e. The van der Waals surface area contributed by atoms with Gasteiger partial charge in [0.1, 0.15) is 0 Å². The van der Waals surface area contributed by atoms with Crippen molar-refractivity contribution >= 4 is 0 Å². The molecule has 2 aromatic rings. The van der Waals surface area contributed by atoms with Crippen LogP contribution in [0.1, 0.15) is 89.9 Å².